The number of benzene rings is 1. The lowest BCUT2D eigenvalue weighted by Crippen LogP contribution is -2.37. The Balaban J connectivity index is 2.91. The number of methoxy groups -OCH3 is 1. The Morgan fingerprint density at radius 3 is 2.52 bits per heavy atom. The number of aromatic carboxylic acids is 1. The molecule has 0 saturated carbocycles. The maximum atomic E-state index is 11.9. The van der Waals surface area contributed by atoms with Gasteiger partial charge < -0.3 is 14.9 Å². The summed E-state index contributed by atoms with van der Waals surface area (Å²) in [6.45, 7) is -0.590. The molecular formula is C11H12ClNO7S. The molecule has 0 amide bonds. The zero-order valence-corrected chi connectivity index (χ0v) is 12.3. The Kier molecular flexibility index (Phi) is 5.67. The molecule has 116 valence electrons. The molecular weight excluding hydrogens is 326 g/mol. The van der Waals surface area contributed by atoms with Crippen LogP contribution in [0.2, 0.25) is 5.02 Å². The first-order chi connectivity index (χ1) is 9.69. The van der Waals surface area contributed by atoms with E-state index in [0.29, 0.717) is 0 Å². The molecule has 1 aromatic carbocycles. The van der Waals surface area contributed by atoms with Gasteiger partial charge in [0, 0.05) is 6.54 Å². The molecule has 0 radical (unpaired) electrons. The van der Waals surface area contributed by atoms with Gasteiger partial charge in [-0.25, -0.2) is 22.7 Å². The van der Waals surface area contributed by atoms with Crippen molar-refractivity contribution in [1.82, 2.24) is 4.72 Å². The molecule has 0 aliphatic heterocycles. The Morgan fingerprint density at radius 1 is 1.43 bits per heavy atom. The first-order valence-electron chi connectivity index (χ1n) is 5.47. The number of halogens is 1. The average Bonchev–Trinajstić information content (AvgIpc) is 2.43. The third kappa shape index (κ3) is 4.39. The minimum absolute atomic E-state index is 0.245. The molecule has 0 spiro atoms. The number of esters is 1. The van der Waals surface area contributed by atoms with E-state index in [1.807, 2.05) is 4.72 Å². The van der Waals surface area contributed by atoms with E-state index in [4.69, 9.17) is 16.7 Å². The summed E-state index contributed by atoms with van der Waals surface area (Å²) in [7, 11) is -3.01. The normalized spacial score (nSPS) is 12.7. The second kappa shape index (κ2) is 6.85. The van der Waals surface area contributed by atoms with Crippen molar-refractivity contribution in [3.05, 3.63) is 28.8 Å². The maximum absolute atomic E-state index is 11.9. The van der Waals surface area contributed by atoms with Crippen LogP contribution in [0.3, 0.4) is 0 Å². The molecule has 0 heterocycles. The maximum Gasteiger partial charge on any atom is 0.337 e. The molecule has 0 aliphatic carbocycles. The summed E-state index contributed by atoms with van der Waals surface area (Å²) in [5.41, 5.74) is -0.245. The molecule has 0 fully saturated rings. The highest BCUT2D eigenvalue weighted by Gasteiger charge is 2.21. The number of carbonyl (C=O) groups excluding carboxylic acids is 1. The smallest absolute Gasteiger partial charge is 0.337 e. The van der Waals surface area contributed by atoms with Gasteiger partial charge in [-0.2, -0.15) is 0 Å². The molecule has 0 saturated heterocycles. The van der Waals surface area contributed by atoms with Crippen molar-refractivity contribution < 1.29 is 33.0 Å². The van der Waals surface area contributed by atoms with Gasteiger partial charge in [-0.1, -0.05) is 11.6 Å². The molecule has 0 bridgehead atoms. The molecule has 0 aromatic heterocycles. The molecule has 0 aliphatic rings. The van der Waals surface area contributed by atoms with E-state index in [9.17, 15) is 23.1 Å². The highest BCUT2D eigenvalue weighted by Crippen LogP contribution is 2.20. The number of ether oxygens (including phenoxy) is 1. The Labute approximate surface area is 125 Å². The van der Waals surface area contributed by atoms with Crippen molar-refractivity contribution in [3.8, 4) is 0 Å². The topological polar surface area (TPSA) is 130 Å². The number of hydrogen-bond donors (Lipinski definition) is 3. The van der Waals surface area contributed by atoms with Gasteiger partial charge in [-0.05, 0) is 18.2 Å². The minimum atomic E-state index is -4.06. The molecule has 1 unspecified atom stereocenters. The number of aliphatic hydroxyl groups is 1. The predicted molar refractivity (Wildman–Crippen MR) is 71.6 cm³/mol. The zero-order chi connectivity index (χ0) is 16.2. The fourth-order valence-electron chi connectivity index (χ4n) is 1.33. The van der Waals surface area contributed by atoms with Gasteiger partial charge in [-0.3, -0.25) is 0 Å². The highest BCUT2D eigenvalue weighted by atomic mass is 35.5. The Morgan fingerprint density at radius 2 is 2.05 bits per heavy atom. The van der Waals surface area contributed by atoms with Crippen LogP contribution in [0.25, 0.3) is 0 Å². The summed E-state index contributed by atoms with van der Waals surface area (Å²) in [5.74, 6) is -2.28. The van der Waals surface area contributed by atoms with Gasteiger partial charge >= 0.3 is 11.9 Å². The van der Waals surface area contributed by atoms with Crippen LogP contribution < -0.4 is 4.72 Å². The van der Waals surface area contributed by atoms with Crippen molar-refractivity contribution in [1.29, 1.82) is 0 Å². The van der Waals surface area contributed by atoms with Gasteiger partial charge in [0.2, 0.25) is 10.0 Å². The van der Waals surface area contributed by atoms with Gasteiger partial charge in [0.25, 0.3) is 0 Å². The molecule has 1 rings (SSSR count). The van der Waals surface area contributed by atoms with E-state index in [-0.39, 0.29) is 15.5 Å². The third-order valence-corrected chi connectivity index (χ3v) is 4.16. The summed E-state index contributed by atoms with van der Waals surface area (Å²) in [4.78, 5) is 21.4. The first-order valence-corrected chi connectivity index (χ1v) is 7.33. The van der Waals surface area contributed by atoms with Crippen LogP contribution in [0.5, 0.6) is 0 Å². The molecule has 8 nitrogen and oxygen atoms in total. The van der Waals surface area contributed by atoms with Gasteiger partial charge in [0.05, 0.1) is 22.6 Å². The van der Waals surface area contributed by atoms with Crippen molar-refractivity contribution in [2.75, 3.05) is 13.7 Å². The lowest BCUT2D eigenvalue weighted by molar-refractivity contribution is -0.149. The second-order valence-electron chi connectivity index (χ2n) is 3.84. The number of carbonyl (C=O) groups is 2. The number of rotatable bonds is 6. The van der Waals surface area contributed by atoms with Crippen LogP contribution >= 0.6 is 11.6 Å². The fraction of sp³-hybridized carbons (Fsp3) is 0.273. The van der Waals surface area contributed by atoms with Crippen LogP contribution in [0.4, 0.5) is 0 Å². The van der Waals surface area contributed by atoms with Crippen molar-refractivity contribution in [2.45, 2.75) is 11.0 Å². The SMILES string of the molecule is COC(=O)C(O)CNS(=O)(=O)c1ccc(C(=O)O)c(Cl)c1. The molecule has 1 aromatic rings. The van der Waals surface area contributed by atoms with E-state index >= 15 is 0 Å². The van der Waals surface area contributed by atoms with E-state index in [2.05, 4.69) is 4.74 Å². The molecule has 10 heteroatoms. The van der Waals surface area contributed by atoms with E-state index < -0.39 is 34.6 Å². The number of hydrogen-bond acceptors (Lipinski definition) is 6. The van der Waals surface area contributed by atoms with Crippen LogP contribution in [-0.2, 0) is 19.6 Å². The Bertz CT molecular complexity index is 659. The van der Waals surface area contributed by atoms with Crippen LogP contribution in [0.15, 0.2) is 23.1 Å². The summed E-state index contributed by atoms with van der Waals surface area (Å²) >= 11 is 5.67. The van der Waals surface area contributed by atoms with Gasteiger partial charge in [0.1, 0.15) is 0 Å². The third-order valence-electron chi connectivity index (χ3n) is 2.42. The largest absolute Gasteiger partial charge is 0.478 e. The number of carboxylic acid groups (broad SMARTS) is 1. The van der Waals surface area contributed by atoms with Crippen LogP contribution in [0, 0.1) is 0 Å². The van der Waals surface area contributed by atoms with E-state index in [1.165, 1.54) is 0 Å². The molecule has 3 N–H and O–H groups in total. The van der Waals surface area contributed by atoms with Gasteiger partial charge in [0.15, 0.2) is 6.10 Å². The monoisotopic (exact) mass is 337 g/mol. The second-order valence-corrected chi connectivity index (χ2v) is 6.01. The zero-order valence-electron chi connectivity index (χ0n) is 10.7. The van der Waals surface area contributed by atoms with E-state index in [0.717, 1.165) is 25.3 Å². The summed E-state index contributed by atoms with van der Waals surface area (Å²) < 4.78 is 30.0. The number of nitrogens with one attached hydrogen (secondary N) is 1. The number of carboxylic acids is 1. The predicted octanol–water partition coefficient (Wildman–Crippen LogP) is -0.150. The van der Waals surface area contributed by atoms with Gasteiger partial charge in [-0.15, -0.1) is 0 Å². The Hall–Kier alpha value is -1.68. The van der Waals surface area contributed by atoms with Crippen molar-refractivity contribution in [3.63, 3.8) is 0 Å². The average molecular weight is 338 g/mol. The lowest BCUT2D eigenvalue weighted by atomic mass is 10.2. The van der Waals surface area contributed by atoms with Crippen LogP contribution in [-0.4, -0.2) is 50.3 Å². The standard InChI is InChI=1S/C11H12ClNO7S/c1-20-11(17)9(14)5-13-21(18,19)6-2-3-7(10(15)16)8(12)4-6/h2-4,9,13-14H,5H2,1H3,(H,15,16). The first kappa shape index (κ1) is 17.4. The highest BCUT2D eigenvalue weighted by molar-refractivity contribution is 7.89. The fourth-order valence-corrected chi connectivity index (χ4v) is 2.72. The van der Waals surface area contributed by atoms with Crippen molar-refractivity contribution in [2.24, 2.45) is 0 Å². The van der Waals surface area contributed by atoms with E-state index in [1.54, 1.807) is 0 Å². The quantitative estimate of drug-likeness (QED) is 0.615. The van der Waals surface area contributed by atoms with Crippen molar-refractivity contribution >= 4 is 33.6 Å². The molecule has 1 atom stereocenters. The number of aliphatic hydroxyl groups excluding tert-OH is 1. The molecule has 21 heavy (non-hydrogen) atoms. The van der Waals surface area contributed by atoms with Crippen LogP contribution in [0.1, 0.15) is 10.4 Å². The minimum Gasteiger partial charge on any atom is -0.478 e. The summed E-state index contributed by atoms with van der Waals surface area (Å²) in [6.07, 6.45) is -1.65. The summed E-state index contributed by atoms with van der Waals surface area (Å²) in [5, 5.41) is 17.8. The lowest BCUT2D eigenvalue weighted by Gasteiger charge is -2.11. The number of sulfonamides is 1. The summed E-state index contributed by atoms with van der Waals surface area (Å²) in [6, 6.07) is 3.04.